The number of aromatic nitrogens is 1. The average molecular weight is 276 g/mol. The van der Waals surface area contributed by atoms with Crippen molar-refractivity contribution in [1.82, 2.24) is 14.8 Å². The van der Waals surface area contributed by atoms with Gasteiger partial charge in [0, 0.05) is 51.5 Å². The molecule has 1 amide bonds. The molecular weight excluding hydrogens is 252 g/mol. The summed E-state index contributed by atoms with van der Waals surface area (Å²) in [6.07, 6.45) is 4.56. The summed E-state index contributed by atoms with van der Waals surface area (Å²) in [6.45, 7) is 7.07. The molecule has 110 valence electrons. The number of carbonyl (C=O) groups is 1. The van der Waals surface area contributed by atoms with Crippen molar-refractivity contribution in [2.75, 3.05) is 26.2 Å². The number of amides is 1. The molecule has 0 radical (unpaired) electrons. The highest BCUT2D eigenvalue weighted by atomic mass is 16.2. The highest BCUT2D eigenvalue weighted by Gasteiger charge is 2.29. The monoisotopic (exact) mass is 276 g/mol. The van der Waals surface area contributed by atoms with Gasteiger partial charge in [0.2, 0.25) is 5.91 Å². The summed E-state index contributed by atoms with van der Waals surface area (Å²) in [6, 6.07) is 4.38. The molecule has 1 aromatic rings. The zero-order valence-electron chi connectivity index (χ0n) is 12.3. The predicted octanol–water partition coefficient (Wildman–Crippen LogP) is 1.02. The molecule has 2 N–H and O–H groups in total. The summed E-state index contributed by atoms with van der Waals surface area (Å²) in [7, 11) is 0. The van der Waals surface area contributed by atoms with E-state index in [4.69, 9.17) is 5.73 Å². The lowest BCUT2D eigenvalue weighted by Crippen LogP contribution is -2.52. The van der Waals surface area contributed by atoms with Gasteiger partial charge in [0.25, 0.3) is 0 Å². The SMILES string of the molecule is CCC(N)C(c1ccncc1)N1CCN(C(C)=O)CC1. The van der Waals surface area contributed by atoms with Gasteiger partial charge in [-0.2, -0.15) is 0 Å². The molecular formula is C15H24N4O. The van der Waals surface area contributed by atoms with Gasteiger partial charge in [0.1, 0.15) is 0 Å². The Morgan fingerprint density at radius 2 is 1.90 bits per heavy atom. The molecule has 1 aliphatic rings. The highest BCUT2D eigenvalue weighted by molar-refractivity contribution is 5.73. The first-order valence-electron chi connectivity index (χ1n) is 7.28. The molecule has 0 aliphatic carbocycles. The Hall–Kier alpha value is -1.46. The molecule has 0 bridgehead atoms. The molecule has 1 saturated heterocycles. The number of hydrogen-bond acceptors (Lipinski definition) is 4. The van der Waals surface area contributed by atoms with Crippen LogP contribution < -0.4 is 5.73 Å². The van der Waals surface area contributed by atoms with Crippen LogP contribution in [0.25, 0.3) is 0 Å². The third-order valence-electron chi connectivity index (χ3n) is 4.08. The fourth-order valence-electron chi connectivity index (χ4n) is 2.83. The van der Waals surface area contributed by atoms with E-state index in [0.717, 1.165) is 32.6 Å². The number of rotatable bonds is 4. The van der Waals surface area contributed by atoms with Crippen molar-refractivity contribution >= 4 is 5.91 Å². The molecule has 5 nitrogen and oxygen atoms in total. The van der Waals surface area contributed by atoms with Crippen molar-refractivity contribution < 1.29 is 4.79 Å². The minimum Gasteiger partial charge on any atom is -0.340 e. The summed E-state index contributed by atoms with van der Waals surface area (Å²) < 4.78 is 0. The van der Waals surface area contributed by atoms with Gasteiger partial charge in [-0.15, -0.1) is 0 Å². The molecule has 20 heavy (non-hydrogen) atoms. The van der Waals surface area contributed by atoms with Gasteiger partial charge in [0.15, 0.2) is 0 Å². The van der Waals surface area contributed by atoms with E-state index in [2.05, 4.69) is 16.8 Å². The molecule has 2 unspecified atom stereocenters. The van der Waals surface area contributed by atoms with E-state index in [1.54, 1.807) is 6.92 Å². The van der Waals surface area contributed by atoms with Crippen LogP contribution in [0.15, 0.2) is 24.5 Å². The lowest BCUT2D eigenvalue weighted by Gasteiger charge is -2.41. The summed E-state index contributed by atoms with van der Waals surface area (Å²) in [5.41, 5.74) is 7.55. The number of piperazine rings is 1. The van der Waals surface area contributed by atoms with E-state index < -0.39 is 0 Å². The van der Waals surface area contributed by atoms with Crippen LogP contribution in [0.1, 0.15) is 31.9 Å². The Morgan fingerprint density at radius 3 is 2.40 bits per heavy atom. The van der Waals surface area contributed by atoms with E-state index in [0.29, 0.717) is 0 Å². The summed E-state index contributed by atoms with van der Waals surface area (Å²) >= 11 is 0. The molecule has 0 spiro atoms. The van der Waals surface area contributed by atoms with Gasteiger partial charge in [0.05, 0.1) is 6.04 Å². The molecule has 0 saturated carbocycles. The molecule has 0 aromatic carbocycles. The fraction of sp³-hybridized carbons (Fsp3) is 0.600. The lowest BCUT2D eigenvalue weighted by molar-refractivity contribution is -0.130. The molecule has 2 heterocycles. The predicted molar refractivity (Wildman–Crippen MR) is 79.1 cm³/mol. The van der Waals surface area contributed by atoms with E-state index in [9.17, 15) is 4.79 Å². The summed E-state index contributed by atoms with van der Waals surface area (Å²) in [5, 5.41) is 0. The normalized spacial score (nSPS) is 19.6. The van der Waals surface area contributed by atoms with Crippen LogP contribution in [-0.2, 0) is 4.79 Å². The zero-order chi connectivity index (χ0) is 14.5. The standard InChI is InChI=1S/C15H24N4O/c1-3-14(16)15(13-4-6-17-7-5-13)19-10-8-18(9-11-19)12(2)20/h4-7,14-15H,3,8-11,16H2,1-2H3. The van der Waals surface area contributed by atoms with E-state index in [1.165, 1.54) is 5.56 Å². The Bertz CT molecular complexity index is 429. The quantitative estimate of drug-likeness (QED) is 0.892. The number of nitrogens with zero attached hydrogens (tertiary/aromatic N) is 3. The van der Waals surface area contributed by atoms with E-state index in [1.807, 2.05) is 29.4 Å². The smallest absolute Gasteiger partial charge is 0.219 e. The van der Waals surface area contributed by atoms with Crippen LogP contribution in [0.5, 0.6) is 0 Å². The van der Waals surface area contributed by atoms with Crippen LogP contribution in [0.4, 0.5) is 0 Å². The second-order valence-electron chi connectivity index (χ2n) is 5.34. The Labute approximate surface area is 120 Å². The van der Waals surface area contributed by atoms with Crippen molar-refractivity contribution in [1.29, 1.82) is 0 Å². The van der Waals surface area contributed by atoms with Gasteiger partial charge in [-0.3, -0.25) is 14.7 Å². The molecule has 1 aliphatic heterocycles. The Kier molecular flexibility index (Phi) is 5.09. The van der Waals surface area contributed by atoms with Gasteiger partial charge in [-0.05, 0) is 24.1 Å². The van der Waals surface area contributed by atoms with Gasteiger partial charge in [-0.25, -0.2) is 0 Å². The van der Waals surface area contributed by atoms with Crippen molar-refractivity contribution in [3.05, 3.63) is 30.1 Å². The van der Waals surface area contributed by atoms with Crippen LogP contribution in [0, 0.1) is 0 Å². The maximum absolute atomic E-state index is 11.4. The topological polar surface area (TPSA) is 62.5 Å². The van der Waals surface area contributed by atoms with Crippen molar-refractivity contribution in [2.45, 2.75) is 32.4 Å². The highest BCUT2D eigenvalue weighted by Crippen LogP contribution is 2.25. The first kappa shape index (κ1) is 14.9. The van der Waals surface area contributed by atoms with Gasteiger partial charge >= 0.3 is 0 Å². The zero-order valence-corrected chi connectivity index (χ0v) is 12.3. The number of pyridine rings is 1. The Morgan fingerprint density at radius 1 is 1.30 bits per heavy atom. The minimum atomic E-state index is 0.0984. The lowest BCUT2D eigenvalue weighted by atomic mass is 9.96. The molecule has 5 heteroatoms. The van der Waals surface area contributed by atoms with Crippen LogP contribution >= 0.6 is 0 Å². The third kappa shape index (κ3) is 3.35. The van der Waals surface area contributed by atoms with Crippen LogP contribution in [-0.4, -0.2) is 52.9 Å². The second kappa shape index (κ2) is 6.81. The summed E-state index contributed by atoms with van der Waals surface area (Å²) in [4.78, 5) is 19.8. The number of nitrogens with two attached hydrogens (primary N) is 1. The molecule has 2 atom stereocenters. The third-order valence-corrected chi connectivity index (χ3v) is 4.08. The van der Waals surface area contributed by atoms with Gasteiger partial charge in [-0.1, -0.05) is 6.92 Å². The first-order chi connectivity index (χ1) is 9.63. The fourth-order valence-corrected chi connectivity index (χ4v) is 2.83. The maximum Gasteiger partial charge on any atom is 0.219 e. The summed E-state index contributed by atoms with van der Waals surface area (Å²) in [5.74, 6) is 0.157. The van der Waals surface area contributed by atoms with Crippen LogP contribution in [0.3, 0.4) is 0 Å². The number of hydrogen-bond donors (Lipinski definition) is 1. The van der Waals surface area contributed by atoms with E-state index in [-0.39, 0.29) is 18.0 Å². The van der Waals surface area contributed by atoms with Crippen LogP contribution in [0.2, 0.25) is 0 Å². The van der Waals surface area contributed by atoms with Gasteiger partial charge < -0.3 is 10.6 Å². The largest absolute Gasteiger partial charge is 0.340 e. The molecule has 2 rings (SSSR count). The molecule has 1 aromatic heterocycles. The first-order valence-corrected chi connectivity index (χ1v) is 7.28. The minimum absolute atomic E-state index is 0.0984. The maximum atomic E-state index is 11.4. The molecule has 1 fully saturated rings. The number of carbonyl (C=O) groups excluding carboxylic acids is 1. The van der Waals surface area contributed by atoms with E-state index >= 15 is 0 Å². The Balaban J connectivity index is 2.11. The second-order valence-corrected chi connectivity index (χ2v) is 5.34. The van der Waals surface area contributed by atoms with Crippen molar-refractivity contribution in [2.24, 2.45) is 5.73 Å². The van der Waals surface area contributed by atoms with Crippen molar-refractivity contribution in [3.63, 3.8) is 0 Å². The average Bonchev–Trinajstić information content (AvgIpc) is 2.49. The van der Waals surface area contributed by atoms with Crippen molar-refractivity contribution in [3.8, 4) is 0 Å².